The number of rotatable bonds is 2. The summed E-state index contributed by atoms with van der Waals surface area (Å²) in [5.41, 5.74) is 4.53. The van der Waals surface area contributed by atoms with Crippen molar-refractivity contribution in [2.75, 3.05) is 5.43 Å². The van der Waals surface area contributed by atoms with Crippen LogP contribution in [0.3, 0.4) is 0 Å². The summed E-state index contributed by atoms with van der Waals surface area (Å²) < 4.78 is 0. The van der Waals surface area contributed by atoms with Crippen molar-refractivity contribution < 1.29 is 0 Å². The lowest BCUT2D eigenvalue weighted by atomic mass is 9.74. The van der Waals surface area contributed by atoms with Crippen molar-refractivity contribution in [2.45, 2.75) is 19.8 Å². The normalized spacial score (nSPS) is 27.9. The van der Waals surface area contributed by atoms with E-state index in [0.29, 0.717) is 23.5 Å². The second kappa shape index (κ2) is 3.84. The average molecular weight is 230 g/mol. The van der Waals surface area contributed by atoms with E-state index in [2.05, 4.69) is 32.6 Å². The minimum Gasteiger partial charge on any atom is -0.291 e. The molecule has 0 unspecified atom stereocenters. The molecule has 88 valence electrons. The monoisotopic (exact) mass is 230 g/mol. The molecular weight excluding hydrogens is 216 g/mol. The van der Waals surface area contributed by atoms with Crippen molar-refractivity contribution in [2.24, 2.45) is 16.9 Å². The molecule has 2 N–H and O–H groups in total. The Hall–Kier alpha value is -1.91. The van der Waals surface area contributed by atoms with Crippen molar-refractivity contribution in [3.8, 4) is 0 Å². The first kappa shape index (κ1) is 10.3. The van der Waals surface area contributed by atoms with Crippen molar-refractivity contribution in [1.29, 1.82) is 0 Å². The van der Waals surface area contributed by atoms with Gasteiger partial charge in [0.1, 0.15) is 0 Å². The van der Waals surface area contributed by atoms with Gasteiger partial charge in [-0.1, -0.05) is 12.2 Å². The molecule has 5 heteroatoms. The van der Waals surface area contributed by atoms with E-state index in [9.17, 15) is 4.79 Å². The smallest absolute Gasteiger partial charge is 0.252 e. The van der Waals surface area contributed by atoms with Crippen molar-refractivity contribution in [1.82, 2.24) is 9.97 Å². The number of nitrogens with zero attached hydrogens (tertiary/aromatic N) is 2. The number of anilines is 1. The van der Waals surface area contributed by atoms with Gasteiger partial charge >= 0.3 is 0 Å². The van der Waals surface area contributed by atoms with E-state index >= 15 is 0 Å². The first-order chi connectivity index (χ1) is 8.22. The van der Waals surface area contributed by atoms with Crippen LogP contribution in [0.4, 0.5) is 5.95 Å². The molecule has 0 saturated heterocycles. The van der Waals surface area contributed by atoms with Gasteiger partial charge in [0.25, 0.3) is 5.56 Å². The summed E-state index contributed by atoms with van der Waals surface area (Å²) in [4.78, 5) is 18.0. The maximum atomic E-state index is 11.2. The molecule has 1 heterocycles. The van der Waals surface area contributed by atoms with Crippen molar-refractivity contribution in [3.05, 3.63) is 34.3 Å². The van der Waals surface area contributed by atoms with Gasteiger partial charge in [0, 0.05) is 23.4 Å². The number of aromatic amines is 1. The highest BCUT2D eigenvalue weighted by atomic mass is 16.1. The Labute approximate surface area is 98.7 Å². The van der Waals surface area contributed by atoms with Crippen LogP contribution in [0.5, 0.6) is 0 Å². The Morgan fingerprint density at radius 3 is 3.24 bits per heavy atom. The lowest BCUT2D eigenvalue weighted by Gasteiger charge is -2.31. The number of aryl methyl sites for hydroxylation is 1. The van der Waals surface area contributed by atoms with Gasteiger partial charge in [0.05, 0.1) is 0 Å². The van der Waals surface area contributed by atoms with E-state index in [0.717, 1.165) is 12.8 Å². The Morgan fingerprint density at radius 2 is 2.47 bits per heavy atom. The zero-order valence-electron chi connectivity index (χ0n) is 9.60. The third-order valence-electron chi connectivity index (χ3n) is 3.34. The zero-order chi connectivity index (χ0) is 11.8. The highest BCUT2D eigenvalue weighted by Crippen LogP contribution is 2.40. The molecule has 3 rings (SSSR count). The first-order valence-electron chi connectivity index (χ1n) is 5.79. The predicted octanol–water partition coefficient (Wildman–Crippen LogP) is 1.44. The number of fused-ring (bicyclic) bond motifs is 1. The molecule has 2 aliphatic carbocycles. The van der Waals surface area contributed by atoms with Gasteiger partial charge in [0.2, 0.25) is 5.95 Å². The van der Waals surface area contributed by atoms with Gasteiger partial charge in [-0.15, -0.1) is 0 Å². The fourth-order valence-electron chi connectivity index (χ4n) is 2.42. The number of hydrazone groups is 1. The highest BCUT2D eigenvalue weighted by molar-refractivity contribution is 5.94. The van der Waals surface area contributed by atoms with Gasteiger partial charge in [0.15, 0.2) is 0 Å². The quantitative estimate of drug-likeness (QED) is 0.596. The molecule has 0 amide bonds. The summed E-state index contributed by atoms with van der Waals surface area (Å²) in [6.07, 6.45) is 6.58. The van der Waals surface area contributed by atoms with Crippen LogP contribution in [0, 0.1) is 18.8 Å². The van der Waals surface area contributed by atoms with Crippen molar-refractivity contribution in [3.63, 3.8) is 0 Å². The second-order valence-corrected chi connectivity index (χ2v) is 4.59. The number of nitrogens with one attached hydrogen (secondary N) is 2. The van der Waals surface area contributed by atoms with Gasteiger partial charge in [-0.05, 0) is 25.7 Å². The summed E-state index contributed by atoms with van der Waals surface area (Å²) in [5, 5.41) is 4.32. The predicted molar refractivity (Wildman–Crippen MR) is 66.0 cm³/mol. The molecule has 17 heavy (non-hydrogen) atoms. The molecule has 0 spiro atoms. The molecular formula is C12H14N4O. The number of allylic oxidation sites excluding steroid dienone is 2. The van der Waals surface area contributed by atoms with Crippen LogP contribution >= 0.6 is 0 Å². The fraction of sp³-hybridized carbons (Fsp3) is 0.417. The lowest BCUT2D eigenvalue weighted by Crippen LogP contribution is -2.33. The fourth-order valence-corrected chi connectivity index (χ4v) is 2.42. The Kier molecular flexibility index (Phi) is 2.31. The Morgan fingerprint density at radius 1 is 1.59 bits per heavy atom. The number of aromatic nitrogens is 2. The molecule has 0 aromatic carbocycles. The Bertz CT molecular complexity index is 558. The lowest BCUT2D eigenvalue weighted by molar-refractivity contribution is 0.466. The van der Waals surface area contributed by atoms with E-state index in [4.69, 9.17) is 0 Å². The van der Waals surface area contributed by atoms with Crippen molar-refractivity contribution >= 4 is 11.7 Å². The van der Waals surface area contributed by atoms with Crippen LogP contribution in [-0.4, -0.2) is 15.7 Å². The van der Waals surface area contributed by atoms with E-state index in [1.165, 1.54) is 11.8 Å². The molecule has 1 saturated carbocycles. The summed E-state index contributed by atoms with van der Waals surface area (Å²) >= 11 is 0. The average Bonchev–Trinajstić information content (AvgIpc) is 2.59. The largest absolute Gasteiger partial charge is 0.291 e. The molecule has 1 aromatic heterocycles. The van der Waals surface area contributed by atoms with E-state index < -0.39 is 0 Å². The van der Waals surface area contributed by atoms with Crippen LogP contribution < -0.4 is 11.0 Å². The van der Waals surface area contributed by atoms with Gasteiger partial charge in [-0.2, -0.15) is 5.10 Å². The van der Waals surface area contributed by atoms with Crippen LogP contribution in [0.2, 0.25) is 0 Å². The topological polar surface area (TPSA) is 70.1 Å². The summed E-state index contributed by atoms with van der Waals surface area (Å²) in [6.45, 7) is 1.79. The molecule has 2 aliphatic rings. The third-order valence-corrected chi connectivity index (χ3v) is 3.34. The maximum Gasteiger partial charge on any atom is 0.252 e. The van der Waals surface area contributed by atoms with Gasteiger partial charge < -0.3 is 0 Å². The van der Waals surface area contributed by atoms with E-state index in [1.807, 2.05) is 0 Å². The molecule has 0 bridgehead atoms. The third kappa shape index (κ3) is 1.88. The molecule has 1 aromatic rings. The summed E-state index contributed by atoms with van der Waals surface area (Å²) in [5.74, 6) is 1.66. The van der Waals surface area contributed by atoms with Crippen LogP contribution in [0.15, 0.2) is 28.1 Å². The number of H-pyrrole nitrogens is 1. The summed E-state index contributed by atoms with van der Waals surface area (Å²) in [7, 11) is 0. The number of hydrogen-bond donors (Lipinski definition) is 2. The second-order valence-electron chi connectivity index (χ2n) is 4.59. The van der Waals surface area contributed by atoms with Crippen LogP contribution in [0.25, 0.3) is 0 Å². The molecule has 1 fully saturated rings. The molecule has 5 nitrogen and oxygen atoms in total. The standard InChI is InChI=1S/C12H14N4O/c1-7-5-11(17)14-12(13-7)16-15-10-6-8-3-2-4-9(8)10/h2-3,5,8-9H,4,6H2,1H3,(H2,13,14,16,17)/b15-10-/t8-,9+/m1/s1. The van der Waals surface area contributed by atoms with Gasteiger partial charge in [-0.25, -0.2) is 10.4 Å². The SMILES string of the molecule is Cc1cc(=O)[nH]c(N/N=C2/C[C@H]3C=CC[C@H]23)n1. The van der Waals surface area contributed by atoms with E-state index in [-0.39, 0.29) is 5.56 Å². The van der Waals surface area contributed by atoms with Crippen LogP contribution in [0.1, 0.15) is 18.5 Å². The van der Waals surface area contributed by atoms with Crippen LogP contribution in [-0.2, 0) is 0 Å². The highest BCUT2D eigenvalue weighted by Gasteiger charge is 2.37. The van der Waals surface area contributed by atoms with Gasteiger partial charge in [-0.3, -0.25) is 9.78 Å². The first-order valence-corrected chi connectivity index (χ1v) is 5.79. The molecule has 0 radical (unpaired) electrons. The Balaban J connectivity index is 1.72. The maximum absolute atomic E-state index is 11.2. The zero-order valence-corrected chi connectivity index (χ0v) is 9.60. The number of hydrogen-bond acceptors (Lipinski definition) is 4. The molecule has 0 aliphatic heterocycles. The van der Waals surface area contributed by atoms with E-state index in [1.54, 1.807) is 6.92 Å². The molecule has 2 atom stereocenters. The minimum absolute atomic E-state index is 0.158. The minimum atomic E-state index is -0.158. The summed E-state index contributed by atoms with van der Waals surface area (Å²) in [6, 6.07) is 1.46.